The van der Waals surface area contributed by atoms with Crippen LogP contribution in [0.3, 0.4) is 0 Å². The highest BCUT2D eigenvalue weighted by atomic mass is 29.6. The molecular weight excluding hydrogens is 357 g/mol. The lowest BCUT2D eigenvalue weighted by molar-refractivity contribution is 0.577. The third-order valence-electron chi connectivity index (χ3n) is 5.14. The molecular formula is C19H31OSi4. The molecule has 2 unspecified atom stereocenters. The molecule has 2 aromatic carbocycles. The first-order valence-electron chi connectivity index (χ1n) is 8.73. The summed E-state index contributed by atoms with van der Waals surface area (Å²) in [5.74, 6) is 0. The Bertz CT molecular complexity index is 654. The molecule has 0 spiro atoms. The van der Waals surface area contributed by atoms with Crippen LogP contribution in [0, 0.1) is 0 Å². The molecule has 1 radical (unpaired) electrons. The SMILES string of the molecule is C[Si](C)[Si](C)(c1ccccc1)[Si](C)(O[Si](C)(C)C)c1ccccc1. The molecule has 0 aliphatic heterocycles. The molecule has 5 heteroatoms. The highest BCUT2D eigenvalue weighted by Crippen LogP contribution is 2.27. The number of hydrogen-bond donors (Lipinski definition) is 0. The van der Waals surface area contributed by atoms with Crippen molar-refractivity contribution < 1.29 is 4.12 Å². The van der Waals surface area contributed by atoms with Gasteiger partial charge in [-0.15, -0.1) is 0 Å². The minimum Gasteiger partial charge on any atom is -0.454 e. The standard InChI is InChI=1S/C19H31OSi4/c1-21(2)24(7,19-16-12-9-13-17-19)23(6,20-22(3,4)5)18-14-10-8-11-15-18/h8-17H,1-7H3. The van der Waals surface area contributed by atoms with Gasteiger partial charge in [-0.3, -0.25) is 0 Å². The van der Waals surface area contributed by atoms with Gasteiger partial charge in [0.25, 0.3) is 0 Å². The van der Waals surface area contributed by atoms with Crippen molar-refractivity contribution >= 4 is 41.9 Å². The van der Waals surface area contributed by atoms with Crippen molar-refractivity contribution in [2.24, 2.45) is 0 Å². The summed E-state index contributed by atoms with van der Waals surface area (Å²) < 4.78 is 7.16. The van der Waals surface area contributed by atoms with E-state index in [1.54, 1.807) is 5.19 Å². The molecule has 0 saturated heterocycles. The van der Waals surface area contributed by atoms with Gasteiger partial charge >= 0.3 is 0 Å². The minimum atomic E-state index is -2.07. The van der Waals surface area contributed by atoms with Crippen LogP contribution in [-0.4, -0.2) is 31.6 Å². The van der Waals surface area contributed by atoms with Crippen LogP contribution in [0.25, 0.3) is 0 Å². The molecule has 0 fully saturated rings. The lowest BCUT2D eigenvalue weighted by Gasteiger charge is -2.49. The van der Waals surface area contributed by atoms with Gasteiger partial charge in [-0.2, -0.15) is 0 Å². The second-order valence-electron chi connectivity index (χ2n) is 8.10. The molecule has 24 heavy (non-hydrogen) atoms. The van der Waals surface area contributed by atoms with Crippen LogP contribution >= 0.6 is 0 Å². The topological polar surface area (TPSA) is 9.23 Å². The molecule has 2 atom stereocenters. The first-order chi connectivity index (χ1) is 11.1. The minimum absolute atomic E-state index is 0.501. The zero-order chi connectivity index (χ0) is 18.0. The van der Waals surface area contributed by atoms with Crippen LogP contribution in [0.5, 0.6) is 0 Å². The summed E-state index contributed by atoms with van der Waals surface area (Å²) in [4.78, 5) is 0. The summed E-state index contributed by atoms with van der Waals surface area (Å²) in [6, 6.07) is 22.4. The summed E-state index contributed by atoms with van der Waals surface area (Å²) >= 11 is 0. The zero-order valence-corrected chi connectivity index (χ0v) is 20.2. The van der Waals surface area contributed by atoms with Gasteiger partial charge in [-0.25, -0.2) is 0 Å². The number of rotatable bonds is 6. The third-order valence-corrected chi connectivity index (χ3v) is 40.1. The average molecular weight is 388 g/mol. The molecule has 0 saturated carbocycles. The molecule has 0 aliphatic rings. The lowest BCUT2D eigenvalue weighted by atomic mass is 10.4. The highest BCUT2D eigenvalue weighted by molar-refractivity contribution is 7.70. The predicted octanol–water partition coefficient (Wildman–Crippen LogP) is 4.22. The smallest absolute Gasteiger partial charge is 0.197 e. The van der Waals surface area contributed by atoms with E-state index in [-0.39, 0.29) is 0 Å². The average Bonchev–Trinajstić information content (AvgIpc) is 2.53. The van der Waals surface area contributed by atoms with Gasteiger partial charge in [0.05, 0.1) is 0 Å². The highest BCUT2D eigenvalue weighted by Gasteiger charge is 2.56. The van der Waals surface area contributed by atoms with Gasteiger partial charge in [0.1, 0.15) is 7.11 Å². The first-order valence-corrected chi connectivity index (χ1v) is 21.5. The number of benzene rings is 2. The van der Waals surface area contributed by atoms with E-state index in [0.29, 0.717) is 0 Å². The fourth-order valence-electron chi connectivity index (χ4n) is 3.63. The maximum atomic E-state index is 7.16. The van der Waals surface area contributed by atoms with Crippen molar-refractivity contribution in [3.63, 3.8) is 0 Å². The van der Waals surface area contributed by atoms with Gasteiger partial charge in [-0.05, 0) is 31.4 Å². The summed E-state index contributed by atoms with van der Waals surface area (Å²) in [6.07, 6.45) is 0. The zero-order valence-electron chi connectivity index (χ0n) is 16.2. The molecule has 0 heterocycles. The van der Waals surface area contributed by atoms with E-state index >= 15 is 0 Å². The lowest BCUT2D eigenvalue weighted by Crippen LogP contribution is -2.81. The Morgan fingerprint density at radius 3 is 1.46 bits per heavy atom. The second kappa shape index (κ2) is 7.25. The van der Waals surface area contributed by atoms with Crippen molar-refractivity contribution in [1.82, 2.24) is 0 Å². The van der Waals surface area contributed by atoms with E-state index in [0.717, 1.165) is 0 Å². The molecule has 2 aromatic rings. The third kappa shape index (κ3) is 3.75. The van der Waals surface area contributed by atoms with Gasteiger partial charge in [0, 0.05) is 8.31 Å². The Kier molecular flexibility index (Phi) is 5.92. The van der Waals surface area contributed by atoms with Crippen molar-refractivity contribution in [2.45, 2.75) is 45.8 Å². The van der Waals surface area contributed by atoms with E-state index in [1.165, 1.54) is 5.19 Å². The molecule has 0 aromatic heterocycles. The Morgan fingerprint density at radius 2 is 1.08 bits per heavy atom. The first kappa shape index (κ1) is 19.6. The van der Waals surface area contributed by atoms with Crippen molar-refractivity contribution in [2.75, 3.05) is 0 Å². The fourth-order valence-corrected chi connectivity index (χ4v) is 39.5. The molecule has 0 bridgehead atoms. The predicted molar refractivity (Wildman–Crippen MR) is 117 cm³/mol. The summed E-state index contributed by atoms with van der Waals surface area (Å²) in [5, 5.41) is 3.07. The summed E-state index contributed by atoms with van der Waals surface area (Å²) in [7, 11) is -5.98. The van der Waals surface area contributed by atoms with Crippen LogP contribution in [0.15, 0.2) is 60.7 Å². The fraction of sp³-hybridized carbons (Fsp3) is 0.368. The molecule has 0 N–H and O–H groups in total. The van der Waals surface area contributed by atoms with Crippen LogP contribution in [-0.2, 0) is 4.12 Å². The van der Waals surface area contributed by atoms with Crippen molar-refractivity contribution in [1.29, 1.82) is 0 Å². The molecule has 0 aliphatic carbocycles. The normalized spacial score (nSPS) is 17.3. The van der Waals surface area contributed by atoms with Crippen LogP contribution in [0.2, 0.25) is 45.8 Å². The Balaban J connectivity index is 2.72. The van der Waals surface area contributed by atoms with E-state index < -0.39 is 31.6 Å². The van der Waals surface area contributed by atoms with Gasteiger partial charge in [0.15, 0.2) is 16.2 Å². The van der Waals surface area contributed by atoms with Gasteiger partial charge in [0.2, 0.25) is 0 Å². The van der Waals surface area contributed by atoms with Gasteiger partial charge in [-0.1, -0.05) is 85.5 Å². The maximum Gasteiger partial charge on any atom is 0.197 e. The maximum absolute atomic E-state index is 7.16. The van der Waals surface area contributed by atoms with E-state index in [4.69, 9.17) is 4.12 Å². The van der Waals surface area contributed by atoms with Crippen LogP contribution < -0.4 is 10.4 Å². The van der Waals surface area contributed by atoms with E-state index in [1.807, 2.05) is 0 Å². The molecule has 1 nitrogen and oxygen atoms in total. The summed E-state index contributed by atoms with van der Waals surface area (Å²) in [5.41, 5.74) is 0. The van der Waals surface area contributed by atoms with E-state index in [9.17, 15) is 0 Å². The van der Waals surface area contributed by atoms with Crippen molar-refractivity contribution in [3.8, 4) is 0 Å². The monoisotopic (exact) mass is 387 g/mol. The van der Waals surface area contributed by atoms with Gasteiger partial charge < -0.3 is 4.12 Å². The Morgan fingerprint density at radius 1 is 0.667 bits per heavy atom. The quantitative estimate of drug-likeness (QED) is 0.674. The molecule has 129 valence electrons. The van der Waals surface area contributed by atoms with Crippen molar-refractivity contribution in [3.05, 3.63) is 60.7 Å². The van der Waals surface area contributed by atoms with Crippen LogP contribution in [0.1, 0.15) is 0 Å². The molecule has 2 rings (SSSR count). The largest absolute Gasteiger partial charge is 0.454 e. The van der Waals surface area contributed by atoms with E-state index in [2.05, 4.69) is 106 Å². The summed E-state index contributed by atoms with van der Waals surface area (Å²) in [6.45, 7) is 17.2. The number of hydrogen-bond acceptors (Lipinski definition) is 1. The molecule has 0 amide bonds. The second-order valence-corrected chi connectivity index (χ2v) is 34.0. The Hall–Kier alpha value is -0.732. The van der Waals surface area contributed by atoms with Crippen LogP contribution in [0.4, 0.5) is 0 Å². The Labute approximate surface area is 152 Å².